The predicted molar refractivity (Wildman–Crippen MR) is 70.4 cm³/mol. The molecule has 0 spiro atoms. The van der Waals surface area contributed by atoms with Gasteiger partial charge in [0.15, 0.2) is 0 Å². The number of nitrogens with zero attached hydrogens (tertiary/aromatic N) is 1. The van der Waals surface area contributed by atoms with Crippen LogP contribution in [0.25, 0.3) is 10.9 Å². The summed E-state index contributed by atoms with van der Waals surface area (Å²) in [5.41, 5.74) is 1.15. The van der Waals surface area contributed by atoms with Gasteiger partial charge in [0.2, 0.25) is 0 Å². The van der Waals surface area contributed by atoms with Crippen LogP contribution < -0.4 is 4.74 Å². The van der Waals surface area contributed by atoms with Gasteiger partial charge in [-0.25, -0.2) is 4.79 Å². The molecular formula is C14H15NO4. The number of ketones is 1. The van der Waals surface area contributed by atoms with Crippen molar-refractivity contribution in [3.63, 3.8) is 0 Å². The molecule has 19 heavy (non-hydrogen) atoms. The molecule has 0 unspecified atom stereocenters. The van der Waals surface area contributed by atoms with Crippen molar-refractivity contribution in [3.05, 3.63) is 30.0 Å². The Hall–Kier alpha value is -2.30. The van der Waals surface area contributed by atoms with E-state index in [-0.39, 0.29) is 12.2 Å². The van der Waals surface area contributed by atoms with Crippen molar-refractivity contribution in [2.45, 2.75) is 6.92 Å². The molecule has 1 aromatic carbocycles. The van der Waals surface area contributed by atoms with Gasteiger partial charge in [-0.05, 0) is 25.1 Å². The monoisotopic (exact) mass is 261 g/mol. The minimum Gasteiger partial charge on any atom is -0.495 e. The van der Waals surface area contributed by atoms with E-state index in [1.807, 2.05) is 23.9 Å². The normalized spacial score (nSPS) is 10.5. The number of ether oxygens (including phenoxy) is 2. The second kappa shape index (κ2) is 5.14. The zero-order valence-electron chi connectivity index (χ0n) is 11.1. The van der Waals surface area contributed by atoms with Crippen molar-refractivity contribution in [2.75, 3.05) is 13.7 Å². The minimum absolute atomic E-state index is 0.167. The maximum atomic E-state index is 12.0. The van der Waals surface area contributed by atoms with E-state index in [0.717, 1.165) is 10.9 Å². The van der Waals surface area contributed by atoms with Crippen molar-refractivity contribution in [2.24, 2.45) is 7.05 Å². The fourth-order valence-electron chi connectivity index (χ4n) is 2.03. The Labute approximate surface area is 110 Å². The highest BCUT2D eigenvalue weighted by molar-refractivity contribution is 6.41. The molecule has 5 heteroatoms. The number of fused-ring (bicyclic) bond motifs is 1. The molecule has 0 fully saturated rings. The largest absolute Gasteiger partial charge is 0.495 e. The quantitative estimate of drug-likeness (QED) is 0.479. The molecule has 1 aromatic heterocycles. The van der Waals surface area contributed by atoms with Gasteiger partial charge in [-0.2, -0.15) is 0 Å². The van der Waals surface area contributed by atoms with Gasteiger partial charge in [0.05, 0.1) is 24.8 Å². The summed E-state index contributed by atoms with van der Waals surface area (Å²) >= 11 is 0. The number of benzene rings is 1. The summed E-state index contributed by atoms with van der Waals surface area (Å²) in [6, 6.07) is 5.21. The molecule has 0 radical (unpaired) electrons. The number of Topliss-reactive ketones (excluding diaryl/α,β-unsaturated/α-hetero) is 1. The van der Waals surface area contributed by atoms with Crippen molar-refractivity contribution in [1.29, 1.82) is 0 Å². The number of methoxy groups -OCH3 is 1. The van der Waals surface area contributed by atoms with E-state index in [1.54, 1.807) is 19.1 Å². The lowest BCUT2D eigenvalue weighted by Crippen LogP contribution is -2.18. The second-order valence-electron chi connectivity index (χ2n) is 4.06. The SMILES string of the molecule is CCOC(=O)C(=O)c1ccc2c(ccn2C)c1OC. The molecule has 0 N–H and O–H groups in total. The average molecular weight is 261 g/mol. The van der Waals surface area contributed by atoms with Crippen LogP contribution in [0.1, 0.15) is 17.3 Å². The second-order valence-corrected chi connectivity index (χ2v) is 4.06. The predicted octanol–water partition coefficient (Wildman–Crippen LogP) is 1.93. The van der Waals surface area contributed by atoms with E-state index in [0.29, 0.717) is 5.75 Å². The molecule has 0 atom stereocenters. The van der Waals surface area contributed by atoms with Crippen LogP contribution in [-0.4, -0.2) is 30.0 Å². The molecule has 100 valence electrons. The van der Waals surface area contributed by atoms with Crippen molar-refractivity contribution in [1.82, 2.24) is 4.57 Å². The van der Waals surface area contributed by atoms with Gasteiger partial charge in [-0.1, -0.05) is 0 Å². The van der Waals surface area contributed by atoms with Gasteiger partial charge in [-0.15, -0.1) is 0 Å². The van der Waals surface area contributed by atoms with E-state index in [2.05, 4.69) is 0 Å². The maximum absolute atomic E-state index is 12.0. The lowest BCUT2D eigenvalue weighted by molar-refractivity contribution is -0.137. The summed E-state index contributed by atoms with van der Waals surface area (Å²) in [6.45, 7) is 1.82. The molecule has 2 aromatic rings. The van der Waals surface area contributed by atoms with Gasteiger partial charge < -0.3 is 14.0 Å². The van der Waals surface area contributed by atoms with Crippen LogP contribution >= 0.6 is 0 Å². The highest BCUT2D eigenvalue weighted by Crippen LogP contribution is 2.30. The van der Waals surface area contributed by atoms with Crippen molar-refractivity contribution < 1.29 is 19.1 Å². The molecule has 0 aliphatic rings. The molecular weight excluding hydrogens is 246 g/mol. The zero-order valence-corrected chi connectivity index (χ0v) is 11.1. The number of aryl methyl sites for hydroxylation is 1. The van der Waals surface area contributed by atoms with Crippen LogP contribution in [0.2, 0.25) is 0 Å². The minimum atomic E-state index is -0.865. The molecule has 1 heterocycles. The molecule has 0 aliphatic carbocycles. The summed E-state index contributed by atoms with van der Waals surface area (Å²) < 4.78 is 11.9. The fraction of sp³-hybridized carbons (Fsp3) is 0.286. The average Bonchev–Trinajstić information content (AvgIpc) is 2.79. The smallest absolute Gasteiger partial charge is 0.379 e. The summed E-state index contributed by atoms with van der Waals surface area (Å²) in [6.07, 6.45) is 1.87. The molecule has 5 nitrogen and oxygen atoms in total. The number of carbonyl (C=O) groups excluding carboxylic acids is 2. The number of carbonyl (C=O) groups is 2. The van der Waals surface area contributed by atoms with E-state index >= 15 is 0 Å². The number of esters is 1. The Kier molecular flexibility index (Phi) is 3.55. The van der Waals surface area contributed by atoms with Gasteiger partial charge >= 0.3 is 5.97 Å². The summed E-state index contributed by atoms with van der Waals surface area (Å²) in [5, 5.41) is 0.792. The lowest BCUT2D eigenvalue weighted by atomic mass is 10.1. The van der Waals surface area contributed by atoms with Crippen LogP contribution in [0, 0.1) is 0 Å². The molecule has 0 saturated heterocycles. The van der Waals surface area contributed by atoms with Gasteiger partial charge in [0.25, 0.3) is 5.78 Å². The van der Waals surface area contributed by atoms with Gasteiger partial charge in [0.1, 0.15) is 5.75 Å². The Morgan fingerprint density at radius 1 is 1.26 bits per heavy atom. The fourth-order valence-corrected chi connectivity index (χ4v) is 2.03. The molecule has 0 saturated carbocycles. The van der Waals surface area contributed by atoms with Crippen LogP contribution in [0.5, 0.6) is 5.75 Å². The van der Waals surface area contributed by atoms with Crippen LogP contribution in [0.3, 0.4) is 0 Å². The first-order valence-electron chi connectivity index (χ1n) is 5.93. The Balaban J connectivity index is 2.55. The van der Waals surface area contributed by atoms with Gasteiger partial charge in [0, 0.05) is 18.6 Å². The molecule has 2 rings (SSSR count). The lowest BCUT2D eigenvalue weighted by Gasteiger charge is -2.09. The highest BCUT2D eigenvalue weighted by Gasteiger charge is 2.23. The molecule has 0 aliphatic heterocycles. The zero-order chi connectivity index (χ0) is 14.0. The first-order valence-corrected chi connectivity index (χ1v) is 5.93. The van der Waals surface area contributed by atoms with E-state index in [4.69, 9.17) is 9.47 Å². The Bertz CT molecular complexity index is 642. The van der Waals surface area contributed by atoms with Gasteiger partial charge in [-0.3, -0.25) is 4.79 Å². The number of hydrogen-bond acceptors (Lipinski definition) is 4. The topological polar surface area (TPSA) is 57.5 Å². The standard InChI is InChI=1S/C14H15NO4/c1-4-19-14(17)12(16)10-5-6-11-9(13(10)18-3)7-8-15(11)2/h5-8H,4H2,1-3H3. The number of hydrogen-bond donors (Lipinski definition) is 0. The molecule has 0 amide bonds. The highest BCUT2D eigenvalue weighted by atomic mass is 16.5. The third-order valence-electron chi connectivity index (χ3n) is 2.93. The summed E-state index contributed by atoms with van der Waals surface area (Å²) in [4.78, 5) is 23.5. The Morgan fingerprint density at radius 3 is 2.63 bits per heavy atom. The first kappa shape index (κ1) is 13.1. The first-order chi connectivity index (χ1) is 9.10. The third-order valence-corrected chi connectivity index (χ3v) is 2.93. The van der Waals surface area contributed by atoms with E-state index < -0.39 is 11.8 Å². The van der Waals surface area contributed by atoms with Crippen LogP contribution in [0.4, 0.5) is 0 Å². The summed E-state index contributed by atoms with van der Waals surface area (Å²) in [5.74, 6) is -1.16. The molecule has 0 bridgehead atoms. The summed E-state index contributed by atoms with van der Waals surface area (Å²) in [7, 11) is 3.37. The number of aromatic nitrogens is 1. The van der Waals surface area contributed by atoms with Crippen LogP contribution in [-0.2, 0) is 16.6 Å². The maximum Gasteiger partial charge on any atom is 0.379 e. The van der Waals surface area contributed by atoms with Crippen molar-refractivity contribution in [3.8, 4) is 5.75 Å². The third kappa shape index (κ3) is 2.19. The van der Waals surface area contributed by atoms with Crippen molar-refractivity contribution >= 4 is 22.7 Å². The number of rotatable bonds is 4. The Morgan fingerprint density at radius 2 is 2.00 bits per heavy atom. The van der Waals surface area contributed by atoms with E-state index in [1.165, 1.54) is 7.11 Å². The van der Waals surface area contributed by atoms with Crippen LogP contribution in [0.15, 0.2) is 24.4 Å². The van der Waals surface area contributed by atoms with E-state index in [9.17, 15) is 9.59 Å².